The van der Waals surface area contributed by atoms with E-state index in [2.05, 4.69) is 0 Å². The van der Waals surface area contributed by atoms with Crippen molar-refractivity contribution in [2.45, 2.75) is 39.7 Å². The number of ketones is 1. The second kappa shape index (κ2) is 7.32. The Morgan fingerprint density at radius 3 is 2.17 bits per heavy atom. The molecule has 0 aliphatic rings. The zero-order valence-corrected chi connectivity index (χ0v) is 8.67. The van der Waals surface area contributed by atoms with E-state index in [1.54, 1.807) is 20.8 Å². The first kappa shape index (κ1) is 14.2. The number of carbonyl (C=O) groups excluding carboxylic acids is 2. The van der Waals surface area contributed by atoms with Crippen molar-refractivity contribution in [3.63, 3.8) is 0 Å². The van der Waals surface area contributed by atoms with E-state index in [9.17, 15) is 9.59 Å². The molecule has 0 rings (SSSR count). The van der Waals surface area contributed by atoms with Gasteiger partial charge >= 0.3 is 5.97 Å². The Hall–Kier alpha value is -0.341. The fraction of sp³-hybridized carbons (Fsp3) is 0.750. The summed E-state index contributed by atoms with van der Waals surface area (Å²) in [5.41, 5.74) is 0. The fourth-order valence-electron chi connectivity index (χ4n) is 0.591. The average Bonchev–Trinajstić information content (AvgIpc) is 1.85. The van der Waals surface area contributed by atoms with E-state index in [-0.39, 0.29) is 35.4 Å². The summed E-state index contributed by atoms with van der Waals surface area (Å²) in [4.78, 5) is 21.5. The van der Waals surface area contributed by atoms with Gasteiger partial charge in [0.05, 0.1) is 6.10 Å². The molecular weight excluding hydrogens is 200 g/mol. The summed E-state index contributed by atoms with van der Waals surface area (Å²) in [6, 6.07) is 0. The quantitative estimate of drug-likeness (QED) is 0.402. The molecule has 0 spiro atoms. The van der Waals surface area contributed by atoms with Gasteiger partial charge in [0.15, 0.2) is 0 Å². The van der Waals surface area contributed by atoms with Gasteiger partial charge < -0.3 is 4.74 Å². The summed E-state index contributed by atoms with van der Waals surface area (Å²) in [6.45, 7) is 5.24. The molecule has 0 aliphatic carbocycles. The fourth-order valence-corrected chi connectivity index (χ4v) is 0.591. The van der Waals surface area contributed by atoms with Crippen LogP contribution in [-0.4, -0.2) is 17.9 Å². The minimum Gasteiger partial charge on any atom is -0.463 e. The first-order valence-electron chi connectivity index (χ1n) is 3.77. The first-order chi connectivity index (χ1) is 5.06. The monoisotopic (exact) mass is 214 g/mol. The van der Waals surface area contributed by atoms with Crippen LogP contribution in [0.3, 0.4) is 0 Å². The van der Waals surface area contributed by atoms with E-state index >= 15 is 0 Å². The zero-order valence-electron chi connectivity index (χ0n) is 7.57. The molecule has 0 saturated heterocycles. The Kier molecular flexibility index (Phi) is 8.66. The molecule has 0 N–H and O–H groups in total. The molecule has 0 bridgehead atoms. The summed E-state index contributed by atoms with van der Waals surface area (Å²) in [7, 11) is 0. The molecule has 0 aromatic carbocycles. The number of esters is 1. The van der Waals surface area contributed by atoms with E-state index in [1.807, 2.05) is 0 Å². The maximum Gasteiger partial charge on any atom is 0.313 e. The number of ether oxygens (including phenoxy) is 1. The largest absolute Gasteiger partial charge is 0.463 e. The van der Waals surface area contributed by atoms with Crippen molar-refractivity contribution in [3.05, 3.63) is 0 Å². The Morgan fingerprint density at radius 1 is 1.33 bits per heavy atom. The van der Waals surface area contributed by atoms with Gasteiger partial charge in [-0.3, -0.25) is 9.59 Å². The Bertz CT molecular complexity index is 154. The van der Waals surface area contributed by atoms with Crippen LogP contribution in [0.1, 0.15) is 33.6 Å². The van der Waals surface area contributed by atoms with Gasteiger partial charge in [-0.15, -0.1) is 0 Å². The number of hydrogen-bond donors (Lipinski definition) is 0. The van der Waals surface area contributed by atoms with Crippen LogP contribution >= 0.6 is 0 Å². The van der Waals surface area contributed by atoms with Gasteiger partial charge in [-0.1, -0.05) is 6.92 Å². The van der Waals surface area contributed by atoms with Crippen LogP contribution in [0.4, 0.5) is 0 Å². The van der Waals surface area contributed by atoms with Gasteiger partial charge in [-0.05, 0) is 13.8 Å². The van der Waals surface area contributed by atoms with Crippen LogP contribution < -0.4 is 0 Å². The average molecular weight is 214 g/mol. The molecule has 0 aromatic rings. The summed E-state index contributed by atoms with van der Waals surface area (Å²) >= 11 is 0. The van der Waals surface area contributed by atoms with Crippen LogP contribution in [0, 0.1) is 0 Å². The summed E-state index contributed by atoms with van der Waals surface area (Å²) in [6.07, 6.45) is 0.175. The third-order valence-corrected chi connectivity index (χ3v) is 1.10. The second-order valence-electron chi connectivity index (χ2n) is 2.61. The van der Waals surface area contributed by atoms with Crippen molar-refractivity contribution < 1.29 is 31.4 Å². The molecule has 0 aromatic heterocycles. The molecule has 0 heterocycles. The summed E-state index contributed by atoms with van der Waals surface area (Å²) in [5, 5.41) is 0. The van der Waals surface area contributed by atoms with Crippen LogP contribution in [-0.2, 0) is 31.4 Å². The van der Waals surface area contributed by atoms with Crippen molar-refractivity contribution in [2.24, 2.45) is 0 Å². The third kappa shape index (κ3) is 7.76. The maximum absolute atomic E-state index is 10.8. The molecule has 12 heavy (non-hydrogen) atoms. The third-order valence-electron chi connectivity index (χ3n) is 1.10. The van der Waals surface area contributed by atoms with Crippen molar-refractivity contribution in [1.82, 2.24) is 0 Å². The van der Waals surface area contributed by atoms with Crippen molar-refractivity contribution >= 4 is 11.8 Å². The minimum absolute atomic E-state index is 0. The Morgan fingerprint density at radius 2 is 1.83 bits per heavy atom. The van der Waals surface area contributed by atoms with Crippen molar-refractivity contribution in [2.75, 3.05) is 0 Å². The molecule has 0 amide bonds. The van der Waals surface area contributed by atoms with Crippen LogP contribution in [0.25, 0.3) is 0 Å². The number of Topliss-reactive ketones (excluding diaryl/α,β-unsaturated/α-hetero) is 1. The van der Waals surface area contributed by atoms with Gasteiger partial charge in [-0.25, -0.2) is 0 Å². The predicted molar refractivity (Wildman–Crippen MR) is 41.1 cm³/mol. The number of hydrogen-bond acceptors (Lipinski definition) is 3. The molecule has 0 unspecified atom stereocenters. The van der Waals surface area contributed by atoms with E-state index in [4.69, 9.17) is 4.74 Å². The molecule has 3 nitrogen and oxygen atoms in total. The predicted octanol–water partition coefficient (Wildman–Crippen LogP) is 1.30. The minimum atomic E-state index is -0.424. The molecule has 0 radical (unpaired) electrons. The van der Waals surface area contributed by atoms with E-state index in [0.29, 0.717) is 6.42 Å². The van der Waals surface area contributed by atoms with Crippen molar-refractivity contribution in [1.29, 1.82) is 0 Å². The molecular formula is C8H14FeO3. The topological polar surface area (TPSA) is 43.4 Å². The van der Waals surface area contributed by atoms with Gasteiger partial charge in [0.2, 0.25) is 0 Å². The van der Waals surface area contributed by atoms with Gasteiger partial charge in [0.1, 0.15) is 12.2 Å². The van der Waals surface area contributed by atoms with Gasteiger partial charge in [0.25, 0.3) is 0 Å². The Labute approximate surface area is 83.3 Å². The number of rotatable bonds is 4. The molecule has 0 atom stereocenters. The van der Waals surface area contributed by atoms with E-state index in [0.717, 1.165) is 0 Å². The van der Waals surface area contributed by atoms with Crippen LogP contribution in [0.2, 0.25) is 0 Å². The van der Waals surface area contributed by atoms with E-state index < -0.39 is 5.97 Å². The molecule has 0 aliphatic heterocycles. The summed E-state index contributed by atoms with van der Waals surface area (Å²) < 4.78 is 4.76. The summed E-state index contributed by atoms with van der Waals surface area (Å²) in [5.74, 6) is -0.498. The second-order valence-corrected chi connectivity index (χ2v) is 2.61. The Balaban J connectivity index is 0. The van der Waals surface area contributed by atoms with Crippen molar-refractivity contribution in [3.8, 4) is 0 Å². The molecule has 0 saturated carbocycles. The maximum atomic E-state index is 10.8. The van der Waals surface area contributed by atoms with Gasteiger partial charge in [-0.2, -0.15) is 0 Å². The zero-order chi connectivity index (χ0) is 8.85. The smallest absolute Gasteiger partial charge is 0.313 e. The molecule has 72 valence electrons. The SMILES string of the molecule is CCC(=O)CC(=O)OC(C)C.[Fe]. The molecule has 4 heteroatoms. The van der Waals surface area contributed by atoms with E-state index in [1.165, 1.54) is 0 Å². The molecule has 0 fully saturated rings. The number of carbonyl (C=O) groups is 2. The van der Waals surface area contributed by atoms with Crippen LogP contribution in [0.5, 0.6) is 0 Å². The normalized spacial score (nSPS) is 9.00. The first-order valence-corrected chi connectivity index (χ1v) is 3.77. The van der Waals surface area contributed by atoms with Crippen LogP contribution in [0.15, 0.2) is 0 Å². The van der Waals surface area contributed by atoms with Gasteiger partial charge in [0, 0.05) is 23.5 Å². The standard InChI is InChI=1S/C8H14O3.Fe/c1-4-7(9)5-8(10)11-6(2)3;/h6H,4-5H2,1-3H3;.